The molecule has 3 saturated heterocycles. The highest BCUT2D eigenvalue weighted by Crippen LogP contribution is 2.66. The van der Waals surface area contributed by atoms with E-state index in [4.69, 9.17) is 4.74 Å². The zero-order valence-electron chi connectivity index (χ0n) is 24.5. The van der Waals surface area contributed by atoms with Crippen LogP contribution in [0.2, 0.25) is 0 Å². The number of hydrogen-bond acceptors (Lipinski definition) is 6. The van der Waals surface area contributed by atoms with Crippen LogP contribution in [0.5, 0.6) is 5.75 Å². The quantitative estimate of drug-likeness (QED) is 0.374. The van der Waals surface area contributed by atoms with E-state index in [9.17, 15) is 19.5 Å². The van der Waals surface area contributed by atoms with Gasteiger partial charge in [-0.1, -0.05) is 32.0 Å². The van der Waals surface area contributed by atoms with Crippen molar-refractivity contribution < 1.29 is 24.2 Å². The number of rotatable bonds is 10. The molecule has 0 aromatic heterocycles. The molecule has 9 heteroatoms. The number of nitrogens with one attached hydrogen (secondary N) is 2. The Labute approximate surface area is 246 Å². The molecule has 41 heavy (non-hydrogen) atoms. The molecule has 220 valence electrons. The third kappa shape index (κ3) is 5.23. The van der Waals surface area contributed by atoms with Crippen molar-refractivity contribution in [3.05, 3.63) is 53.6 Å². The van der Waals surface area contributed by atoms with Gasteiger partial charge in [-0.3, -0.25) is 14.4 Å². The van der Waals surface area contributed by atoms with Crippen molar-refractivity contribution in [3.63, 3.8) is 0 Å². The number of aryl methyl sites for hydroxylation is 2. The van der Waals surface area contributed by atoms with Crippen LogP contribution in [0.3, 0.4) is 0 Å². The fourth-order valence-electron chi connectivity index (χ4n) is 7.13. The summed E-state index contributed by atoms with van der Waals surface area (Å²) in [6.45, 7) is 10.2. The molecule has 8 nitrogen and oxygen atoms in total. The molecule has 2 unspecified atom stereocenters. The molecule has 3 aliphatic heterocycles. The molecule has 2 bridgehead atoms. The molecular formula is C32H41N3O5S. The van der Waals surface area contributed by atoms with E-state index in [1.54, 1.807) is 28.8 Å². The summed E-state index contributed by atoms with van der Waals surface area (Å²) < 4.78 is 4.79. The lowest BCUT2D eigenvalue weighted by atomic mass is 9.70. The molecule has 2 aromatic carbocycles. The summed E-state index contributed by atoms with van der Waals surface area (Å²) in [6, 6.07) is 11.8. The number of fused-ring (bicyclic) bond motifs is 1. The smallest absolute Gasteiger partial charge is 0.248 e. The van der Waals surface area contributed by atoms with E-state index in [1.807, 2.05) is 65.0 Å². The Balaban J connectivity index is 1.49. The standard InChI is InChI=1S/C32H41N3O5S/c1-6-40-23-12-10-21(11-13-23)33-29(37)25-24-14-15-32(41-24)26(25)31(39)35(22(17-36)16-18(2)3)28(32)30(38)34-27-19(4)8-7-9-20(27)5/h7-13,18,22,24-26,28,36H,6,14-17H2,1-5H3,(H,33,37)(H,34,38)/t22-,24-,25+,26+,28?,32?/m1/s1. The Morgan fingerprint density at radius 3 is 2.39 bits per heavy atom. The molecule has 3 amide bonds. The van der Waals surface area contributed by atoms with Gasteiger partial charge in [0.15, 0.2) is 0 Å². The van der Waals surface area contributed by atoms with Gasteiger partial charge in [-0.25, -0.2) is 0 Å². The van der Waals surface area contributed by atoms with Crippen molar-refractivity contribution >= 4 is 40.9 Å². The Bertz CT molecular complexity index is 1290. The summed E-state index contributed by atoms with van der Waals surface area (Å²) in [5, 5.41) is 16.6. The van der Waals surface area contributed by atoms with Gasteiger partial charge in [0, 0.05) is 16.6 Å². The van der Waals surface area contributed by atoms with E-state index in [1.165, 1.54) is 0 Å². The second-order valence-electron chi connectivity index (χ2n) is 12.0. The summed E-state index contributed by atoms with van der Waals surface area (Å²) in [6.07, 6.45) is 1.99. The molecule has 0 saturated carbocycles. The van der Waals surface area contributed by atoms with E-state index in [0.29, 0.717) is 25.1 Å². The van der Waals surface area contributed by atoms with Gasteiger partial charge in [0.05, 0.1) is 35.8 Å². The lowest BCUT2D eigenvalue weighted by Crippen LogP contribution is -2.55. The minimum absolute atomic E-state index is 0.0537. The highest BCUT2D eigenvalue weighted by atomic mass is 32.2. The van der Waals surface area contributed by atoms with Gasteiger partial charge < -0.3 is 25.4 Å². The Hall–Kier alpha value is -3.04. The first-order valence-corrected chi connectivity index (χ1v) is 15.5. The van der Waals surface area contributed by atoms with Crippen molar-refractivity contribution in [1.29, 1.82) is 0 Å². The number of thioether (sulfide) groups is 1. The lowest BCUT2D eigenvalue weighted by molar-refractivity contribution is -0.141. The summed E-state index contributed by atoms with van der Waals surface area (Å²) in [5.41, 5.74) is 3.27. The molecule has 3 N–H and O–H groups in total. The van der Waals surface area contributed by atoms with E-state index < -0.39 is 28.7 Å². The number of ether oxygens (including phenoxy) is 1. The predicted molar refractivity (Wildman–Crippen MR) is 162 cm³/mol. The molecule has 3 aliphatic rings. The number of anilines is 2. The van der Waals surface area contributed by atoms with Crippen LogP contribution in [-0.2, 0) is 14.4 Å². The van der Waals surface area contributed by atoms with E-state index in [0.717, 1.165) is 29.0 Å². The summed E-state index contributed by atoms with van der Waals surface area (Å²) in [5.74, 6) is -0.918. The van der Waals surface area contributed by atoms with Gasteiger partial charge in [-0.15, -0.1) is 11.8 Å². The Kier molecular flexibility index (Phi) is 8.39. The SMILES string of the molecule is CCOc1ccc(NC(=O)[C@@H]2[C@H]3C(=O)N([C@@H](CO)CC(C)C)C(C(=O)Nc4c(C)cccc4C)C34CC[C@H]2S4)cc1. The molecule has 3 heterocycles. The number of para-hydroxylation sites is 1. The normalized spacial score (nSPS) is 27.2. The van der Waals surface area contributed by atoms with Crippen molar-refractivity contribution in [2.75, 3.05) is 23.8 Å². The van der Waals surface area contributed by atoms with Gasteiger partial charge in [0.1, 0.15) is 11.8 Å². The lowest BCUT2D eigenvalue weighted by Gasteiger charge is -2.37. The van der Waals surface area contributed by atoms with Crippen LogP contribution in [-0.4, -0.2) is 63.0 Å². The number of aliphatic hydroxyl groups excluding tert-OH is 1. The average Bonchev–Trinajstić information content (AvgIpc) is 3.58. The van der Waals surface area contributed by atoms with Gasteiger partial charge in [-0.05, 0) is 81.3 Å². The first-order chi connectivity index (χ1) is 19.6. The highest BCUT2D eigenvalue weighted by Gasteiger charge is 2.74. The second-order valence-corrected chi connectivity index (χ2v) is 13.6. The minimum atomic E-state index is -0.784. The zero-order chi connectivity index (χ0) is 29.5. The maximum Gasteiger partial charge on any atom is 0.248 e. The number of amides is 3. The maximum atomic E-state index is 14.4. The van der Waals surface area contributed by atoms with Gasteiger partial charge >= 0.3 is 0 Å². The first kappa shape index (κ1) is 29.5. The van der Waals surface area contributed by atoms with Crippen LogP contribution >= 0.6 is 11.8 Å². The number of likely N-dealkylation sites (tertiary alicyclic amines) is 1. The van der Waals surface area contributed by atoms with Crippen LogP contribution < -0.4 is 15.4 Å². The fraction of sp³-hybridized carbons (Fsp3) is 0.531. The van der Waals surface area contributed by atoms with E-state index in [2.05, 4.69) is 10.6 Å². The van der Waals surface area contributed by atoms with Gasteiger partial charge in [0.25, 0.3) is 0 Å². The largest absolute Gasteiger partial charge is 0.494 e. The van der Waals surface area contributed by atoms with Crippen molar-refractivity contribution in [2.24, 2.45) is 17.8 Å². The minimum Gasteiger partial charge on any atom is -0.494 e. The zero-order valence-corrected chi connectivity index (χ0v) is 25.3. The molecular weight excluding hydrogens is 538 g/mol. The van der Waals surface area contributed by atoms with Crippen molar-refractivity contribution in [2.45, 2.75) is 76.0 Å². The van der Waals surface area contributed by atoms with E-state index in [-0.39, 0.29) is 35.5 Å². The molecule has 2 aromatic rings. The number of nitrogens with zero attached hydrogens (tertiary/aromatic N) is 1. The van der Waals surface area contributed by atoms with Crippen LogP contribution in [0.15, 0.2) is 42.5 Å². The predicted octanol–water partition coefficient (Wildman–Crippen LogP) is 4.78. The molecule has 6 atom stereocenters. The molecule has 5 rings (SSSR count). The van der Waals surface area contributed by atoms with Crippen LogP contribution in [0, 0.1) is 31.6 Å². The fourth-order valence-corrected chi connectivity index (χ4v) is 9.34. The third-order valence-electron chi connectivity index (χ3n) is 8.80. The number of benzene rings is 2. The van der Waals surface area contributed by atoms with Gasteiger partial charge in [0.2, 0.25) is 17.7 Å². The third-order valence-corrected chi connectivity index (χ3v) is 10.8. The van der Waals surface area contributed by atoms with Crippen LogP contribution in [0.1, 0.15) is 51.2 Å². The summed E-state index contributed by atoms with van der Waals surface area (Å²) in [7, 11) is 0. The average molecular weight is 580 g/mol. The molecule has 0 aliphatic carbocycles. The summed E-state index contributed by atoms with van der Waals surface area (Å²) in [4.78, 5) is 44.1. The van der Waals surface area contributed by atoms with Gasteiger partial charge in [-0.2, -0.15) is 0 Å². The van der Waals surface area contributed by atoms with Crippen LogP contribution in [0.25, 0.3) is 0 Å². The molecule has 0 radical (unpaired) electrons. The summed E-state index contributed by atoms with van der Waals surface area (Å²) >= 11 is 1.63. The van der Waals surface area contributed by atoms with Crippen molar-refractivity contribution in [1.82, 2.24) is 4.90 Å². The Morgan fingerprint density at radius 2 is 1.78 bits per heavy atom. The number of carbonyl (C=O) groups is 3. The first-order valence-electron chi connectivity index (χ1n) is 14.6. The monoisotopic (exact) mass is 579 g/mol. The van der Waals surface area contributed by atoms with E-state index >= 15 is 0 Å². The molecule has 3 fully saturated rings. The second kappa shape index (κ2) is 11.7. The van der Waals surface area contributed by atoms with Crippen LogP contribution in [0.4, 0.5) is 11.4 Å². The number of hydrogen-bond donors (Lipinski definition) is 3. The number of carbonyl (C=O) groups excluding carboxylic acids is 3. The highest BCUT2D eigenvalue weighted by molar-refractivity contribution is 8.02. The maximum absolute atomic E-state index is 14.4. The number of aliphatic hydroxyl groups is 1. The Morgan fingerprint density at radius 1 is 1.10 bits per heavy atom. The van der Waals surface area contributed by atoms with Crippen molar-refractivity contribution in [3.8, 4) is 5.75 Å². The molecule has 1 spiro atoms. The topological polar surface area (TPSA) is 108 Å².